The lowest BCUT2D eigenvalue weighted by Crippen LogP contribution is -2.15. The Balaban J connectivity index is 1.50. The number of rotatable bonds is 5. The third-order valence-electron chi connectivity index (χ3n) is 3.71. The Labute approximate surface area is 152 Å². The molecule has 7 nitrogen and oxygen atoms in total. The predicted molar refractivity (Wildman–Crippen MR) is 91.6 cm³/mol. The number of carbonyl (C=O) groups is 1. The van der Waals surface area contributed by atoms with Gasteiger partial charge in [0.05, 0.1) is 11.4 Å². The fourth-order valence-corrected chi connectivity index (χ4v) is 3.23. The number of hydrogen-bond donors (Lipinski definition) is 0. The summed E-state index contributed by atoms with van der Waals surface area (Å²) in [6, 6.07) is 10.8. The molecule has 0 saturated heterocycles. The Hall–Kier alpha value is -2.94. The van der Waals surface area contributed by atoms with Gasteiger partial charge >= 0.3 is 0 Å². The molecule has 1 aromatic heterocycles. The fraction of sp³-hybridized carbons (Fsp3) is 0.176. The Kier molecular flexibility index (Phi) is 4.53. The first-order valence-electron chi connectivity index (χ1n) is 7.81. The third kappa shape index (κ3) is 3.38. The van der Waals surface area contributed by atoms with Gasteiger partial charge < -0.3 is 9.47 Å². The van der Waals surface area contributed by atoms with E-state index < -0.39 is 0 Å². The molecule has 26 heavy (non-hydrogen) atoms. The summed E-state index contributed by atoms with van der Waals surface area (Å²) < 4.78 is 25.6. The molecule has 0 atom stereocenters. The van der Waals surface area contributed by atoms with Gasteiger partial charge in [-0.05, 0) is 46.8 Å². The summed E-state index contributed by atoms with van der Waals surface area (Å²) >= 11 is 1.20. The van der Waals surface area contributed by atoms with Gasteiger partial charge in [0.1, 0.15) is 19.0 Å². The summed E-state index contributed by atoms with van der Waals surface area (Å²) in [5, 5.41) is 12.1. The van der Waals surface area contributed by atoms with Crippen LogP contribution in [0.25, 0.3) is 5.69 Å². The van der Waals surface area contributed by atoms with Crippen molar-refractivity contribution >= 4 is 17.5 Å². The third-order valence-corrected chi connectivity index (χ3v) is 4.63. The van der Waals surface area contributed by atoms with Crippen LogP contribution in [0.3, 0.4) is 0 Å². The van der Waals surface area contributed by atoms with Crippen LogP contribution < -0.4 is 9.47 Å². The molecule has 0 spiro atoms. The summed E-state index contributed by atoms with van der Waals surface area (Å²) in [5.74, 6) is 0.927. The normalized spacial score (nSPS) is 12.8. The van der Waals surface area contributed by atoms with Crippen molar-refractivity contribution in [3.8, 4) is 17.2 Å². The zero-order chi connectivity index (χ0) is 17.9. The van der Waals surface area contributed by atoms with E-state index in [1.807, 2.05) is 6.07 Å². The molecular formula is C17H13FN4O3S. The van der Waals surface area contributed by atoms with E-state index in [2.05, 4.69) is 15.5 Å². The molecule has 0 fully saturated rings. The largest absolute Gasteiger partial charge is 0.486 e. The lowest BCUT2D eigenvalue weighted by Gasteiger charge is -2.18. The van der Waals surface area contributed by atoms with E-state index in [0.717, 1.165) is 0 Å². The minimum atomic E-state index is -0.378. The fourth-order valence-electron chi connectivity index (χ4n) is 2.44. The van der Waals surface area contributed by atoms with Crippen molar-refractivity contribution in [2.45, 2.75) is 5.16 Å². The van der Waals surface area contributed by atoms with Crippen LogP contribution in [0.2, 0.25) is 0 Å². The number of benzene rings is 2. The second-order valence-electron chi connectivity index (χ2n) is 5.42. The maximum absolute atomic E-state index is 13.0. The van der Waals surface area contributed by atoms with Crippen molar-refractivity contribution in [2.75, 3.05) is 19.0 Å². The molecule has 3 aromatic rings. The maximum atomic E-state index is 13.0. The number of aromatic nitrogens is 4. The highest BCUT2D eigenvalue weighted by molar-refractivity contribution is 7.99. The first-order chi connectivity index (χ1) is 12.7. The quantitative estimate of drug-likeness (QED) is 0.503. The van der Waals surface area contributed by atoms with Crippen molar-refractivity contribution in [1.29, 1.82) is 0 Å². The van der Waals surface area contributed by atoms with Crippen molar-refractivity contribution in [3.63, 3.8) is 0 Å². The second-order valence-corrected chi connectivity index (χ2v) is 6.36. The Bertz CT molecular complexity index is 945. The second kappa shape index (κ2) is 7.12. The average molecular weight is 372 g/mol. The molecule has 4 rings (SSSR count). The van der Waals surface area contributed by atoms with Crippen LogP contribution in [0.5, 0.6) is 11.5 Å². The van der Waals surface area contributed by atoms with E-state index >= 15 is 0 Å². The SMILES string of the molecule is O=C(CSc1nnnn1-c1ccc2c(c1)OCCO2)c1ccc(F)cc1. The highest BCUT2D eigenvalue weighted by Gasteiger charge is 2.16. The summed E-state index contributed by atoms with van der Waals surface area (Å²) in [6.07, 6.45) is 0. The van der Waals surface area contributed by atoms with E-state index in [1.54, 1.807) is 12.1 Å². The van der Waals surface area contributed by atoms with Crippen LogP contribution in [0, 0.1) is 5.82 Å². The lowest BCUT2D eigenvalue weighted by molar-refractivity contribution is 0.102. The number of Topliss-reactive ketones (excluding diaryl/α,β-unsaturated/α-hetero) is 1. The minimum Gasteiger partial charge on any atom is -0.486 e. The van der Waals surface area contributed by atoms with E-state index in [-0.39, 0.29) is 17.4 Å². The van der Waals surface area contributed by atoms with Crippen molar-refractivity contribution in [1.82, 2.24) is 20.2 Å². The molecule has 132 valence electrons. The van der Waals surface area contributed by atoms with Crippen molar-refractivity contribution in [3.05, 3.63) is 53.8 Å². The van der Waals surface area contributed by atoms with Gasteiger partial charge in [0.15, 0.2) is 17.3 Å². The molecule has 0 amide bonds. The molecule has 2 aromatic carbocycles. The van der Waals surface area contributed by atoms with Crippen LogP contribution >= 0.6 is 11.8 Å². The van der Waals surface area contributed by atoms with Gasteiger partial charge in [0.25, 0.3) is 0 Å². The molecule has 1 aliphatic rings. The molecule has 0 saturated carbocycles. The first-order valence-corrected chi connectivity index (χ1v) is 8.79. The van der Waals surface area contributed by atoms with Crippen LogP contribution in [-0.4, -0.2) is 45.0 Å². The summed E-state index contributed by atoms with van der Waals surface area (Å²) in [4.78, 5) is 12.2. The number of nitrogens with zero attached hydrogens (tertiary/aromatic N) is 4. The average Bonchev–Trinajstić information content (AvgIpc) is 3.15. The van der Waals surface area contributed by atoms with E-state index in [4.69, 9.17) is 9.47 Å². The number of fused-ring (bicyclic) bond motifs is 1. The van der Waals surface area contributed by atoms with Gasteiger partial charge in [-0.1, -0.05) is 11.8 Å². The Morgan fingerprint density at radius 1 is 1.12 bits per heavy atom. The predicted octanol–water partition coefficient (Wildman–Crippen LogP) is 2.55. The van der Waals surface area contributed by atoms with Gasteiger partial charge in [-0.25, -0.2) is 4.39 Å². The van der Waals surface area contributed by atoms with E-state index in [0.29, 0.717) is 41.1 Å². The summed E-state index contributed by atoms with van der Waals surface area (Å²) in [5.41, 5.74) is 1.15. The summed E-state index contributed by atoms with van der Waals surface area (Å²) in [7, 11) is 0. The van der Waals surface area contributed by atoms with Crippen LogP contribution in [-0.2, 0) is 0 Å². The standard InChI is InChI=1S/C17H13FN4O3S/c18-12-3-1-11(2-4-12)14(23)10-26-17-19-20-21-22(17)13-5-6-15-16(9-13)25-8-7-24-15/h1-6,9H,7-8,10H2. The van der Waals surface area contributed by atoms with Crippen LogP contribution in [0.15, 0.2) is 47.6 Å². The minimum absolute atomic E-state index is 0.133. The zero-order valence-electron chi connectivity index (χ0n) is 13.5. The monoisotopic (exact) mass is 372 g/mol. The first kappa shape index (κ1) is 16.5. The van der Waals surface area contributed by atoms with E-state index in [1.165, 1.54) is 40.7 Å². The Morgan fingerprint density at radius 2 is 1.88 bits per heavy atom. The summed E-state index contributed by atoms with van der Waals surface area (Å²) in [6.45, 7) is 1.00. The van der Waals surface area contributed by atoms with Gasteiger partial charge in [0, 0.05) is 11.6 Å². The molecule has 9 heteroatoms. The lowest BCUT2D eigenvalue weighted by atomic mass is 10.1. The Morgan fingerprint density at radius 3 is 2.69 bits per heavy atom. The highest BCUT2D eigenvalue weighted by Crippen LogP contribution is 2.32. The van der Waals surface area contributed by atoms with Gasteiger partial charge in [-0.2, -0.15) is 4.68 Å². The molecule has 0 N–H and O–H groups in total. The molecule has 0 bridgehead atoms. The van der Waals surface area contributed by atoms with Crippen molar-refractivity contribution < 1.29 is 18.7 Å². The van der Waals surface area contributed by atoms with Crippen LogP contribution in [0.1, 0.15) is 10.4 Å². The van der Waals surface area contributed by atoms with Crippen molar-refractivity contribution in [2.24, 2.45) is 0 Å². The topological polar surface area (TPSA) is 79.1 Å². The van der Waals surface area contributed by atoms with Gasteiger partial charge in [0.2, 0.25) is 5.16 Å². The maximum Gasteiger partial charge on any atom is 0.214 e. The van der Waals surface area contributed by atoms with Gasteiger partial charge in [-0.15, -0.1) is 5.10 Å². The molecule has 2 heterocycles. The number of tetrazole rings is 1. The number of ether oxygens (including phenoxy) is 2. The molecule has 1 aliphatic heterocycles. The van der Waals surface area contributed by atoms with Gasteiger partial charge in [-0.3, -0.25) is 4.79 Å². The number of ketones is 1. The molecule has 0 aliphatic carbocycles. The highest BCUT2D eigenvalue weighted by atomic mass is 32.2. The van der Waals surface area contributed by atoms with E-state index in [9.17, 15) is 9.18 Å². The molecular weight excluding hydrogens is 359 g/mol. The number of carbonyl (C=O) groups excluding carboxylic acids is 1. The number of thioether (sulfide) groups is 1. The zero-order valence-corrected chi connectivity index (χ0v) is 14.3. The number of halogens is 1. The number of hydrogen-bond acceptors (Lipinski definition) is 7. The smallest absolute Gasteiger partial charge is 0.214 e. The molecule has 0 radical (unpaired) electrons. The van der Waals surface area contributed by atoms with Crippen LogP contribution in [0.4, 0.5) is 4.39 Å². The molecule has 0 unspecified atom stereocenters.